The number of benzene rings is 1. The van der Waals surface area contributed by atoms with Crippen molar-refractivity contribution in [1.82, 2.24) is 0 Å². The average Bonchev–Trinajstić information content (AvgIpc) is 2.26. The van der Waals surface area contributed by atoms with Crippen molar-refractivity contribution < 1.29 is 14.6 Å². The molecule has 0 aliphatic rings. The van der Waals surface area contributed by atoms with Crippen LogP contribution in [0.25, 0.3) is 0 Å². The molecule has 0 bridgehead atoms. The SMILES string of the molecule is CC(COc1cccc(C(C)C)c1)C(=O)O. The number of aliphatic carboxylic acids is 1. The maximum absolute atomic E-state index is 10.6. The molecule has 1 rings (SSSR count). The zero-order valence-corrected chi connectivity index (χ0v) is 9.93. The molecule has 1 N–H and O–H groups in total. The fourth-order valence-corrected chi connectivity index (χ4v) is 1.26. The summed E-state index contributed by atoms with van der Waals surface area (Å²) in [6.07, 6.45) is 0. The molecule has 1 unspecified atom stereocenters. The van der Waals surface area contributed by atoms with Gasteiger partial charge in [0.05, 0.1) is 5.92 Å². The molecule has 0 saturated carbocycles. The van der Waals surface area contributed by atoms with Gasteiger partial charge in [-0.2, -0.15) is 0 Å². The molecule has 1 atom stereocenters. The van der Waals surface area contributed by atoms with Crippen LogP contribution in [0.3, 0.4) is 0 Å². The molecule has 88 valence electrons. The Hall–Kier alpha value is -1.51. The number of carboxylic acid groups (broad SMARTS) is 1. The van der Waals surface area contributed by atoms with Crippen LogP contribution in [0.1, 0.15) is 32.3 Å². The van der Waals surface area contributed by atoms with E-state index in [2.05, 4.69) is 13.8 Å². The Labute approximate surface area is 96.1 Å². The van der Waals surface area contributed by atoms with Gasteiger partial charge in [-0.3, -0.25) is 4.79 Å². The third-order valence-electron chi connectivity index (χ3n) is 2.45. The van der Waals surface area contributed by atoms with Gasteiger partial charge >= 0.3 is 5.97 Å². The standard InChI is InChI=1S/C13H18O3/c1-9(2)11-5-4-6-12(7-11)16-8-10(3)13(14)15/h4-7,9-10H,8H2,1-3H3,(H,14,15). The van der Waals surface area contributed by atoms with Crippen molar-refractivity contribution in [3.8, 4) is 5.75 Å². The molecule has 0 spiro atoms. The molecule has 0 aliphatic carbocycles. The van der Waals surface area contributed by atoms with Crippen LogP contribution in [0.5, 0.6) is 5.75 Å². The lowest BCUT2D eigenvalue weighted by Crippen LogP contribution is -2.17. The van der Waals surface area contributed by atoms with Gasteiger partial charge < -0.3 is 9.84 Å². The predicted molar refractivity (Wildman–Crippen MR) is 62.8 cm³/mol. The highest BCUT2D eigenvalue weighted by atomic mass is 16.5. The van der Waals surface area contributed by atoms with E-state index < -0.39 is 11.9 Å². The van der Waals surface area contributed by atoms with Gasteiger partial charge in [-0.15, -0.1) is 0 Å². The van der Waals surface area contributed by atoms with Crippen LogP contribution in [0.4, 0.5) is 0 Å². The minimum atomic E-state index is -0.833. The monoisotopic (exact) mass is 222 g/mol. The molecule has 1 aromatic rings. The molecule has 0 aliphatic heterocycles. The lowest BCUT2D eigenvalue weighted by molar-refractivity contribution is -0.142. The Morgan fingerprint density at radius 3 is 2.62 bits per heavy atom. The highest BCUT2D eigenvalue weighted by Crippen LogP contribution is 2.20. The summed E-state index contributed by atoms with van der Waals surface area (Å²) in [5.41, 5.74) is 1.19. The largest absolute Gasteiger partial charge is 0.493 e. The zero-order valence-electron chi connectivity index (χ0n) is 9.93. The van der Waals surface area contributed by atoms with Gasteiger partial charge in [-0.25, -0.2) is 0 Å². The molecule has 16 heavy (non-hydrogen) atoms. The average molecular weight is 222 g/mol. The number of hydrogen-bond donors (Lipinski definition) is 1. The van der Waals surface area contributed by atoms with Crippen molar-refractivity contribution in [3.63, 3.8) is 0 Å². The van der Waals surface area contributed by atoms with Gasteiger partial charge in [0.25, 0.3) is 0 Å². The Kier molecular flexibility index (Phi) is 4.35. The molecular formula is C13H18O3. The van der Waals surface area contributed by atoms with E-state index in [0.717, 1.165) is 5.75 Å². The first kappa shape index (κ1) is 12.6. The van der Waals surface area contributed by atoms with Gasteiger partial charge in [0, 0.05) is 0 Å². The van der Waals surface area contributed by atoms with Crippen LogP contribution in [0.2, 0.25) is 0 Å². The van der Waals surface area contributed by atoms with Crippen LogP contribution >= 0.6 is 0 Å². The van der Waals surface area contributed by atoms with Crippen molar-refractivity contribution in [2.45, 2.75) is 26.7 Å². The second-order valence-electron chi connectivity index (χ2n) is 4.28. The third kappa shape index (κ3) is 3.57. The van der Waals surface area contributed by atoms with E-state index >= 15 is 0 Å². The molecule has 0 saturated heterocycles. The van der Waals surface area contributed by atoms with Crippen LogP contribution in [-0.2, 0) is 4.79 Å². The van der Waals surface area contributed by atoms with Gasteiger partial charge in [0.15, 0.2) is 0 Å². The van der Waals surface area contributed by atoms with E-state index in [1.807, 2.05) is 24.3 Å². The van der Waals surface area contributed by atoms with Crippen molar-refractivity contribution in [2.75, 3.05) is 6.61 Å². The minimum absolute atomic E-state index is 0.205. The summed E-state index contributed by atoms with van der Waals surface area (Å²) in [7, 11) is 0. The second-order valence-corrected chi connectivity index (χ2v) is 4.28. The maximum Gasteiger partial charge on any atom is 0.309 e. The fourth-order valence-electron chi connectivity index (χ4n) is 1.26. The summed E-state index contributed by atoms with van der Waals surface area (Å²) in [5.74, 6) is -0.137. The van der Waals surface area contributed by atoms with Gasteiger partial charge in [0.2, 0.25) is 0 Å². The zero-order chi connectivity index (χ0) is 12.1. The summed E-state index contributed by atoms with van der Waals surface area (Å²) in [4.78, 5) is 10.6. The molecule has 0 fully saturated rings. The van der Waals surface area contributed by atoms with Gasteiger partial charge in [-0.05, 0) is 30.5 Å². The lowest BCUT2D eigenvalue weighted by Gasteiger charge is -2.11. The Bertz CT molecular complexity index is 358. The van der Waals surface area contributed by atoms with Crippen LogP contribution in [0.15, 0.2) is 24.3 Å². The first-order chi connectivity index (χ1) is 7.50. The number of carboxylic acids is 1. The molecule has 0 aromatic heterocycles. The highest BCUT2D eigenvalue weighted by molar-refractivity contribution is 5.69. The Morgan fingerprint density at radius 1 is 1.38 bits per heavy atom. The Morgan fingerprint density at radius 2 is 2.06 bits per heavy atom. The highest BCUT2D eigenvalue weighted by Gasteiger charge is 2.11. The molecular weight excluding hydrogens is 204 g/mol. The van der Waals surface area contributed by atoms with Crippen molar-refractivity contribution in [3.05, 3.63) is 29.8 Å². The smallest absolute Gasteiger partial charge is 0.309 e. The van der Waals surface area contributed by atoms with E-state index in [-0.39, 0.29) is 6.61 Å². The van der Waals surface area contributed by atoms with E-state index in [4.69, 9.17) is 9.84 Å². The van der Waals surface area contributed by atoms with Crippen LogP contribution in [0, 0.1) is 5.92 Å². The maximum atomic E-state index is 10.6. The summed E-state index contributed by atoms with van der Waals surface area (Å²) in [6.45, 7) is 6.06. The molecule has 1 aromatic carbocycles. The van der Waals surface area contributed by atoms with Crippen molar-refractivity contribution >= 4 is 5.97 Å². The topological polar surface area (TPSA) is 46.5 Å². The van der Waals surface area contributed by atoms with Gasteiger partial charge in [0.1, 0.15) is 12.4 Å². The number of ether oxygens (including phenoxy) is 1. The quantitative estimate of drug-likeness (QED) is 0.833. The molecule has 3 heteroatoms. The summed E-state index contributed by atoms with van der Waals surface area (Å²) >= 11 is 0. The van der Waals surface area contributed by atoms with Crippen LogP contribution < -0.4 is 4.74 Å². The van der Waals surface area contributed by atoms with E-state index in [9.17, 15) is 4.79 Å². The number of hydrogen-bond acceptors (Lipinski definition) is 2. The summed E-state index contributed by atoms with van der Waals surface area (Å²) in [6, 6.07) is 7.77. The van der Waals surface area contributed by atoms with Crippen molar-refractivity contribution in [2.24, 2.45) is 5.92 Å². The number of carbonyl (C=O) groups is 1. The summed E-state index contributed by atoms with van der Waals surface area (Å²) in [5, 5.41) is 8.72. The molecule has 0 heterocycles. The molecule has 3 nitrogen and oxygen atoms in total. The lowest BCUT2D eigenvalue weighted by atomic mass is 10.0. The number of rotatable bonds is 5. The normalized spacial score (nSPS) is 12.5. The molecule has 0 radical (unpaired) electrons. The fraction of sp³-hybridized carbons (Fsp3) is 0.462. The van der Waals surface area contributed by atoms with E-state index in [0.29, 0.717) is 5.92 Å². The first-order valence-corrected chi connectivity index (χ1v) is 5.46. The van der Waals surface area contributed by atoms with Gasteiger partial charge in [-0.1, -0.05) is 26.0 Å². The Balaban J connectivity index is 2.60. The van der Waals surface area contributed by atoms with Crippen molar-refractivity contribution in [1.29, 1.82) is 0 Å². The van der Waals surface area contributed by atoms with Crippen LogP contribution in [-0.4, -0.2) is 17.7 Å². The second kappa shape index (κ2) is 5.54. The first-order valence-electron chi connectivity index (χ1n) is 5.46. The molecule has 0 amide bonds. The predicted octanol–water partition coefficient (Wildman–Crippen LogP) is 2.91. The minimum Gasteiger partial charge on any atom is -0.493 e. The van der Waals surface area contributed by atoms with E-state index in [1.54, 1.807) is 6.92 Å². The summed E-state index contributed by atoms with van der Waals surface area (Å²) < 4.78 is 5.44. The van der Waals surface area contributed by atoms with E-state index in [1.165, 1.54) is 5.56 Å². The third-order valence-corrected chi connectivity index (χ3v) is 2.45.